The van der Waals surface area contributed by atoms with E-state index < -0.39 is 0 Å². The first-order valence-corrected chi connectivity index (χ1v) is 8.75. The summed E-state index contributed by atoms with van der Waals surface area (Å²) in [6.07, 6.45) is 0. The van der Waals surface area contributed by atoms with E-state index in [0.29, 0.717) is 0 Å². The molecule has 0 amide bonds. The molecule has 0 atom stereocenters. The second-order valence-corrected chi connectivity index (χ2v) is 6.55. The fourth-order valence-electron chi connectivity index (χ4n) is 3.35. The van der Waals surface area contributed by atoms with Crippen LogP contribution in [0.1, 0.15) is 5.56 Å². The van der Waals surface area contributed by atoms with Crippen molar-refractivity contribution in [3.05, 3.63) is 76.3 Å². The molecular weight excluding hydrogens is 399 g/mol. The minimum absolute atomic E-state index is 0. The highest BCUT2D eigenvalue weighted by atomic mass is 35.5. The minimum Gasteiger partial charge on any atom is -0.354 e. The van der Waals surface area contributed by atoms with Crippen LogP contribution in [0.3, 0.4) is 0 Å². The highest BCUT2D eigenvalue weighted by Crippen LogP contribution is 2.20. The Kier molecular flexibility index (Phi) is 7.57. The second-order valence-electron chi connectivity index (χ2n) is 6.55. The molecule has 6 nitrogen and oxygen atoms in total. The van der Waals surface area contributed by atoms with E-state index in [-0.39, 0.29) is 35.4 Å². The number of nitrogens with zero attached hydrogens (tertiary/aromatic N) is 4. The molecule has 1 saturated heterocycles. The Balaban J connectivity index is 0.00000140. The van der Waals surface area contributed by atoms with Gasteiger partial charge in [0.05, 0.1) is 10.4 Å². The average Bonchev–Trinajstić information content (AvgIpc) is 2.68. The van der Waals surface area contributed by atoms with Gasteiger partial charge in [-0.1, -0.05) is 30.3 Å². The Morgan fingerprint density at radius 3 is 2.25 bits per heavy atom. The monoisotopic (exact) mass is 420 g/mol. The number of aromatic nitrogens is 1. The van der Waals surface area contributed by atoms with Crippen molar-refractivity contribution in [3.63, 3.8) is 0 Å². The summed E-state index contributed by atoms with van der Waals surface area (Å²) in [5, 5.41) is 11.9. The van der Waals surface area contributed by atoms with Gasteiger partial charge >= 0.3 is 0 Å². The Hall–Kier alpha value is -2.41. The van der Waals surface area contributed by atoms with Gasteiger partial charge in [-0.05, 0) is 23.8 Å². The van der Waals surface area contributed by atoms with Crippen LogP contribution in [-0.2, 0) is 6.54 Å². The van der Waals surface area contributed by atoms with Crippen molar-refractivity contribution in [2.24, 2.45) is 0 Å². The highest BCUT2D eigenvalue weighted by Gasteiger charge is 2.18. The standard InChI is InChI=1S/C20H20N4O2.2ClH/c25-24(26)18-8-5-16(6-9-18)15-22-11-13-23(14-12-22)20-10-7-17-3-1-2-4-19(17)21-20;;/h1-10H,11-15H2;2*1H. The third-order valence-corrected chi connectivity index (χ3v) is 4.83. The largest absolute Gasteiger partial charge is 0.354 e. The molecule has 2 heterocycles. The van der Waals surface area contributed by atoms with Crippen molar-refractivity contribution >= 4 is 47.2 Å². The number of rotatable bonds is 4. The van der Waals surface area contributed by atoms with Gasteiger partial charge in [0.15, 0.2) is 0 Å². The van der Waals surface area contributed by atoms with Gasteiger partial charge in [-0.3, -0.25) is 15.0 Å². The lowest BCUT2D eigenvalue weighted by Gasteiger charge is -2.35. The molecule has 0 saturated carbocycles. The van der Waals surface area contributed by atoms with E-state index in [4.69, 9.17) is 4.98 Å². The number of hydrogen-bond donors (Lipinski definition) is 0. The molecule has 0 aliphatic carbocycles. The Bertz CT molecular complexity index is 929. The number of para-hydroxylation sites is 1. The van der Waals surface area contributed by atoms with E-state index in [1.54, 1.807) is 12.1 Å². The normalized spacial score (nSPS) is 14.2. The molecule has 0 bridgehead atoms. The molecule has 1 fully saturated rings. The fourth-order valence-corrected chi connectivity index (χ4v) is 3.35. The number of pyridine rings is 1. The maximum absolute atomic E-state index is 10.7. The first kappa shape index (κ1) is 21.9. The van der Waals surface area contributed by atoms with Crippen LogP contribution in [0.2, 0.25) is 0 Å². The summed E-state index contributed by atoms with van der Waals surface area (Å²) < 4.78 is 0. The molecule has 1 aliphatic rings. The molecule has 0 unspecified atom stereocenters. The molecule has 8 heteroatoms. The molecule has 0 radical (unpaired) electrons. The lowest BCUT2D eigenvalue weighted by atomic mass is 10.1. The third-order valence-electron chi connectivity index (χ3n) is 4.83. The molecule has 1 aromatic heterocycles. The third kappa shape index (κ3) is 4.90. The van der Waals surface area contributed by atoms with Crippen molar-refractivity contribution in [2.45, 2.75) is 6.54 Å². The van der Waals surface area contributed by atoms with E-state index in [1.165, 1.54) is 0 Å². The van der Waals surface area contributed by atoms with Gasteiger partial charge in [-0.2, -0.15) is 0 Å². The number of fused-ring (bicyclic) bond motifs is 1. The summed E-state index contributed by atoms with van der Waals surface area (Å²) >= 11 is 0. The zero-order valence-corrected chi connectivity index (χ0v) is 16.9. The Morgan fingerprint density at radius 1 is 0.893 bits per heavy atom. The Morgan fingerprint density at radius 2 is 1.57 bits per heavy atom. The van der Waals surface area contributed by atoms with Gasteiger partial charge < -0.3 is 4.90 Å². The summed E-state index contributed by atoms with van der Waals surface area (Å²) in [6.45, 7) is 4.57. The van der Waals surface area contributed by atoms with Gasteiger partial charge in [0.25, 0.3) is 5.69 Å². The lowest BCUT2D eigenvalue weighted by Crippen LogP contribution is -2.46. The predicted molar refractivity (Wildman–Crippen MR) is 117 cm³/mol. The number of hydrogen-bond acceptors (Lipinski definition) is 5. The predicted octanol–water partition coefficient (Wildman–Crippen LogP) is 4.31. The van der Waals surface area contributed by atoms with Crippen molar-refractivity contribution in [1.29, 1.82) is 0 Å². The molecule has 148 valence electrons. The van der Waals surface area contributed by atoms with Crippen molar-refractivity contribution in [3.8, 4) is 0 Å². The SMILES string of the molecule is Cl.Cl.O=[N+]([O-])c1ccc(CN2CCN(c3ccc4ccccc4n3)CC2)cc1. The van der Waals surface area contributed by atoms with Gasteiger partial charge in [0.1, 0.15) is 5.82 Å². The van der Waals surface area contributed by atoms with Crippen LogP contribution >= 0.6 is 24.8 Å². The fraction of sp³-hybridized carbons (Fsp3) is 0.250. The summed E-state index contributed by atoms with van der Waals surface area (Å²) in [5.74, 6) is 1.03. The molecule has 28 heavy (non-hydrogen) atoms. The average molecular weight is 421 g/mol. The highest BCUT2D eigenvalue weighted by molar-refractivity contribution is 5.85. The van der Waals surface area contributed by atoms with Crippen LogP contribution in [0.5, 0.6) is 0 Å². The van der Waals surface area contributed by atoms with Crippen molar-refractivity contribution in [1.82, 2.24) is 9.88 Å². The summed E-state index contributed by atoms with van der Waals surface area (Å²) in [4.78, 5) is 19.8. The van der Waals surface area contributed by atoms with Crippen molar-refractivity contribution in [2.75, 3.05) is 31.1 Å². The second kappa shape index (κ2) is 9.68. The van der Waals surface area contributed by atoms with E-state index >= 15 is 0 Å². The molecule has 0 spiro atoms. The maximum atomic E-state index is 10.7. The maximum Gasteiger partial charge on any atom is 0.269 e. The number of halogens is 2. The van der Waals surface area contributed by atoms with Crippen LogP contribution in [0.4, 0.5) is 11.5 Å². The quantitative estimate of drug-likeness (QED) is 0.464. The molecule has 3 aromatic rings. The van der Waals surface area contributed by atoms with Gasteiger partial charge in [0.2, 0.25) is 0 Å². The molecule has 2 aromatic carbocycles. The Labute approximate surface area is 176 Å². The molecule has 1 aliphatic heterocycles. The zero-order valence-electron chi connectivity index (χ0n) is 15.2. The van der Waals surface area contributed by atoms with E-state index in [1.807, 2.05) is 30.3 Å². The number of anilines is 1. The topological polar surface area (TPSA) is 62.5 Å². The molecule has 4 rings (SSSR count). The summed E-state index contributed by atoms with van der Waals surface area (Å²) in [5.41, 5.74) is 2.27. The van der Waals surface area contributed by atoms with Gasteiger partial charge in [-0.25, -0.2) is 4.98 Å². The van der Waals surface area contributed by atoms with Gasteiger partial charge in [0, 0.05) is 50.2 Å². The number of nitro groups is 1. The van der Waals surface area contributed by atoms with Crippen LogP contribution in [0, 0.1) is 10.1 Å². The number of non-ortho nitro benzene ring substituents is 1. The van der Waals surface area contributed by atoms with E-state index in [0.717, 1.165) is 55.0 Å². The van der Waals surface area contributed by atoms with Crippen molar-refractivity contribution < 1.29 is 4.92 Å². The van der Waals surface area contributed by atoms with Crippen LogP contribution < -0.4 is 4.90 Å². The zero-order chi connectivity index (χ0) is 17.9. The number of benzene rings is 2. The minimum atomic E-state index is -0.362. The molecular formula is C20H22Cl2N4O2. The van der Waals surface area contributed by atoms with Crippen LogP contribution in [0.25, 0.3) is 10.9 Å². The smallest absolute Gasteiger partial charge is 0.269 e. The van der Waals surface area contributed by atoms with Gasteiger partial charge in [-0.15, -0.1) is 24.8 Å². The number of nitro benzene ring substituents is 1. The van der Waals surface area contributed by atoms with E-state index in [9.17, 15) is 10.1 Å². The van der Waals surface area contributed by atoms with Crippen LogP contribution in [0.15, 0.2) is 60.7 Å². The summed E-state index contributed by atoms with van der Waals surface area (Å²) in [7, 11) is 0. The van der Waals surface area contributed by atoms with E-state index in [2.05, 4.69) is 28.0 Å². The molecule has 0 N–H and O–H groups in total. The lowest BCUT2D eigenvalue weighted by molar-refractivity contribution is -0.384. The number of piperazine rings is 1. The summed E-state index contributed by atoms with van der Waals surface area (Å²) in [6, 6.07) is 19.2. The first-order valence-electron chi connectivity index (χ1n) is 8.75. The first-order chi connectivity index (χ1) is 12.7. The van der Waals surface area contributed by atoms with Crippen LogP contribution in [-0.4, -0.2) is 41.0 Å².